The highest BCUT2D eigenvalue weighted by molar-refractivity contribution is 6.32. The maximum absolute atomic E-state index is 11.6. The van der Waals surface area contributed by atoms with E-state index in [4.69, 9.17) is 18.0 Å². The van der Waals surface area contributed by atoms with Crippen LogP contribution in [-0.4, -0.2) is 16.3 Å². The molecule has 0 aliphatic heterocycles. The minimum Gasteiger partial charge on any atom is -0.371 e. The molecule has 0 aliphatic carbocycles. The van der Waals surface area contributed by atoms with Gasteiger partial charge in [-0.1, -0.05) is 24.4 Å². The van der Waals surface area contributed by atoms with Crippen LogP contribution in [0.5, 0.6) is 0 Å². The lowest BCUT2D eigenvalue weighted by molar-refractivity contribution is 0.568. The average Bonchev–Trinajstić information content (AvgIpc) is 2.24. The molecule has 0 spiro atoms. The number of hydrogen-bond donors (Lipinski definition) is 1. The quantitative estimate of drug-likeness (QED) is 0.787. The van der Waals surface area contributed by atoms with E-state index in [2.05, 4.69) is 16.3 Å². The van der Waals surface area contributed by atoms with Crippen molar-refractivity contribution < 1.29 is 0 Å². The maximum atomic E-state index is 11.6. The average molecular weight is 226 g/mol. The van der Waals surface area contributed by atoms with E-state index in [0.717, 1.165) is 6.42 Å². The number of terminal acetylenes is 1. The smallest absolute Gasteiger partial charge is 0.287 e. The van der Waals surface area contributed by atoms with Crippen molar-refractivity contribution in [3.63, 3.8) is 0 Å². The van der Waals surface area contributed by atoms with Gasteiger partial charge in [0.05, 0.1) is 18.4 Å². The van der Waals surface area contributed by atoms with Crippen LogP contribution in [0.4, 0.5) is 5.69 Å². The number of aromatic nitrogens is 2. The second-order valence-electron chi connectivity index (χ2n) is 2.96. The number of nitrogens with one attached hydrogen (secondary N) is 1. The third kappa shape index (κ3) is 2.74. The van der Waals surface area contributed by atoms with Crippen LogP contribution in [0.1, 0.15) is 13.3 Å². The molecule has 80 valence electrons. The van der Waals surface area contributed by atoms with E-state index in [1.54, 1.807) is 0 Å². The Morgan fingerprint density at radius 1 is 1.73 bits per heavy atom. The van der Waals surface area contributed by atoms with E-state index >= 15 is 0 Å². The van der Waals surface area contributed by atoms with Crippen molar-refractivity contribution in [2.75, 3.05) is 11.9 Å². The molecule has 0 aromatic carbocycles. The number of hydrogen-bond acceptors (Lipinski definition) is 3. The Labute approximate surface area is 93.3 Å². The van der Waals surface area contributed by atoms with Gasteiger partial charge in [0, 0.05) is 6.54 Å². The summed E-state index contributed by atoms with van der Waals surface area (Å²) in [6.45, 7) is 2.85. The first-order valence-corrected chi connectivity index (χ1v) is 5.01. The second-order valence-corrected chi connectivity index (χ2v) is 3.34. The van der Waals surface area contributed by atoms with E-state index in [-0.39, 0.29) is 10.6 Å². The van der Waals surface area contributed by atoms with E-state index in [9.17, 15) is 4.79 Å². The highest BCUT2D eigenvalue weighted by atomic mass is 35.5. The number of nitrogens with zero attached hydrogens (tertiary/aromatic N) is 2. The van der Waals surface area contributed by atoms with Gasteiger partial charge in [0.15, 0.2) is 0 Å². The molecular formula is C10H12ClN3O. The van der Waals surface area contributed by atoms with E-state index in [1.165, 1.54) is 10.9 Å². The van der Waals surface area contributed by atoms with Crippen molar-refractivity contribution in [1.29, 1.82) is 0 Å². The summed E-state index contributed by atoms with van der Waals surface area (Å²) in [7, 11) is 0. The van der Waals surface area contributed by atoms with Gasteiger partial charge >= 0.3 is 0 Å². The van der Waals surface area contributed by atoms with E-state index in [1.807, 2.05) is 6.92 Å². The standard InChI is InChI=1S/C10H12ClN3O/c1-3-5-12-8-7-13-14(6-4-2)10(15)9(8)11/h1,7,12H,4-6H2,2H3. The minimum atomic E-state index is -0.291. The summed E-state index contributed by atoms with van der Waals surface area (Å²) < 4.78 is 1.34. The number of halogens is 1. The third-order valence-corrected chi connectivity index (χ3v) is 2.17. The Morgan fingerprint density at radius 3 is 3.07 bits per heavy atom. The molecule has 0 bridgehead atoms. The van der Waals surface area contributed by atoms with E-state index in [0.29, 0.717) is 18.8 Å². The Kier molecular flexibility index (Phi) is 4.19. The monoisotopic (exact) mass is 225 g/mol. The Balaban J connectivity index is 3.00. The molecule has 0 radical (unpaired) electrons. The van der Waals surface area contributed by atoms with E-state index < -0.39 is 0 Å². The van der Waals surface area contributed by atoms with Gasteiger partial charge in [-0.05, 0) is 6.42 Å². The van der Waals surface area contributed by atoms with Gasteiger partial charge in [0.1, 0.15) is 5.02 Å². The minimum absolute atomic E-state index is 0.133. The molecule has 15 heavy (non-hydrogen) atoms. The van der Waals surface area contributed by atoms with Crippen LogP contribution in [-0.2, 0) is 6.54 Å². The fraction of sp³-hybridized carbons (Fsp3) is 0.400. The van der Waals surface area contributed by atoms with Crippen molar-refractivity contribution in [2.24, 2.45) is 0 Å². The van der Waals surface area contributed by atoms with Crippen molar-refractivity contribution in [3.05, 3.63) is 21.6 Å². The van der Waals surface area contributed by atoms with Crippen LogP contribution in [0.2, 0.25) is 5.02 Å². The lowest BCUT2D eigenvalue weighted by Gasteiger charge is -2.07. The van der Waals surface area contributed by atoms with Gasteiger partial charge < -0.3 is 5.32 Å². The number of anilines is 1. The van der Waals surface area contributed by atoms with Crippen LogP contribution in [0.3, 0.4) is 0 Å². The van der Waals surface area contributed by atoms with Gasteiger partial charge in [-0.2, -0.15) is 5.10 Å². The van der Waals surface area contributed by atoms with Crippen molar-refractivity contribution in [2.45, 2.75) is 19.9 Å². The SMILES string of the molecule is C#CCNc1cnn(CCC)c(=O)c1Cl. The highest BCUT2D eigenvalue weighted by Crippen LogP contribution is 2.14. The largest absolute Gasteiger partial charge is 0.371 e. The first kappa shape index (κ1) is 11.6. The first-order chi connectivity index (χ1) is 7.20. The van der Waals surface area contributed by atoms with Crippen LogP contribution in [0.25, 0.3) is 0 Å². The molecule has 0 aliphatic rings. The fourth-order valence-electron chi connectivity index (χ4n) is 1.11. The Hall–Kier alpha value is -1.47. The van der Waals surface area contributed by atoms with Crippen LogP contribution < -0.4 is 10.9 Å². The number of rotatable bonds is 4. The predicted molar refractivity (Wildman–Crippen MR) is 61.1 cm³/mol. The molecule has 0 unspecified atom stereocenters. The van der Waals surface area contributed by atoms with Gasteiger partial charge in [0.2, 0.25) is 0 Å². The zero-order valence-electron chi connectivity index (χ0n) is 8.46. The summed E-state index contributed by atoms with van der Waals surface area (Å²) in [4.78, 5) is 11.6. The molecule has 0 fully saturated rings. The van der Waals surface area contributed by atoms with Gasteiger partial charge in [0.25, 0.3) is 5.56 Å². The lowest BCUT2D eigenvalue weighted by atomic mass is 10.4. The molecule has 0 saturated heterocycles. The highest BCUT2D eigenvalue weighted by Gasteiger charge is 2.07. The zero-order valence-corrected chi connectivity index (χ0v) is 9.21. The third-order valence-electron chi connectivity index (χ3n) is 1.80. The zero-order chi connectivity index (χ0) is 11.3. The summed E-state index contributed by atoms with van der Waals surface area (Å²) >= 11 is 5.87. The molecule has 1 aromatic rings. The molecule has 0 atom stereocenters. The lowest BCUT2D eigenvalue weighted by Crippen LogP contribution is -2.24. The van der Waals surface area contributed by atoms with Crippen molar-refractivity contribution >= 4 is 17.3 Å². The molecule has 1 N–H and O–H groups in total. The molecule has 1 aromatic heterocycles. The van der Waals surface area contributed by atoms with Crippen molar-refractivity contribution in [3.8, 4) is 12.3 Å². The molecule has 0 amide bonds. The maximum Gasteiger partial charge on any atom is 0.287 e. The predicted octanol–water partition coefficient (Wildman–Crippen LogP) is 1.35. The fourth-order valence-corrected chi connectivity index (χ4v) is 1.32. The second kappa shape index (κ2) is 5.42. The van der Waals surface area contributed by atoms with Crippen LogP contribution in [0.15, 0.2) is 11.0 Å². The summed E-state index contributed by atoms with van der Waals surface area (Å²) in [5.41, 5.74) is 0.188. The normalized spacial score (nSPS) is 9.67. The van der Waals surface area contributed by atoms with Crippen LogP contribution in [0, 0.1) is 12.3 Å². The first-order valence-electron chi connectivity index (χ1n) is 4.63. The summed E-state index contributed by atoms with van der Waals surface area (Å²) in [6.07, 6.45) is 7.43. The molecule has 1 rings (SSSR count). The van der Waals surface area contributed by atoms with Crippen molar-refractivity contribution in [1.82, 2.24) is 9.78 Å². The Morgan fingerprint density at radius 2 is 2.47 bits per heavy atom. The molecule has 5 heteroatoms. The number of aryl methyl sites for hydroxylation is 1. The van der Waals surface area contributed by atoms with Gasteiger partial charge in [-0.25, -0.2) is 4.68 Å². The van der Waals surface area contributed by atoms with Crippen LogP contribution >= 0.6 is 11.6 Å². The summed E-state index contributed by atoms with van der Waals surface area (Å²) in [6, 6.07) is 0. The summed E-state index contributed by atoms with van der Waals surface area (Å²) in [5.74, 6) is 2.40. The molecule has 0 saturated carbocycles. The topological polar surface area (TPSA) is 46.9 Å². The molecule has 4 nitrogen and oxygen atoms in total. The molecular weight excluding hydrogens is 214 g/mol. The van der Waals surface area contributed by atoms with Gasteiger partial charge in [-0.3, -0.25) is 4.79 Å². The van der Waals surface area contributed by atoms with Gasteiger partial charge in [-0.15, -0.1) is 6.42 Å². The molecule has 1 heterocycles. The Bertz CT molecular complexity index is 433. The summed E-state index contributed by atoms with van der Waals surface area (Å²) in [5, 5.41) is 6.93.